The minimum atomic E-state index is -0.743. The second-order valence-electron chi connectivity index (χ2n) is 6.94. The third kappa shape index (κ3) is 4.18. The van der Waals surface area contributed by atoms with E-state index in [9.17, 15) is 8.78 Å². The molecular formula is C23H26F2. The van der Waals surface area contributed by atoms with Crippen molar-refractivity contribution in [2.24, 2.45) is 0 Å². The first-order chi connectivity index (χ1) is 12.2. The predicted molar refractivity (Wildman–Crippen MR) is 101 cm³/mol. The van der Waals surface area contributed by atoms with Crippen molar-refractivity contribution in [3.63, 3.8) is 0 Å². The van der Waals surface area contributed by atoms with Crippen molar-refractivity contribution in [2.45, 2.75) is 57.8 Å². The van der Waals surface area contributed by atoms with Crippen LogP contribution >= 0.6 is 0 Å². The van der Waals surface area contributed by atoms with Crippen LogP contribution in [0, 0.1) is 11.6 Å². The summed E-state index contributed by atoms with van der Waals surface area (Å²) in [7, 11) is 0. The molecule has 1 aliphatic rings. The molecule has 0 spiro atoms. The van der Waals surface area contributed by atoms with Crippen LogP contribution in [0.4, 0.5) is 8.78 Å². The molecule has 3 rings (SSSR count). The molecule has 0 saturated heterocycles. The number of rotatable bonds is 5. The summed E-state index contributed by atoms with van der Waals surface area (Å²) in [5.41, 5.74) is 2.82. The lowest BCUT2D eigenvalue weighted by Crippen LogP contribution is -2.04. The summed E-state index contributed by atoms with van der Waals surface area (Å²) < 4.78 is 28.8. The Balaban J connectivity index is 1.81. The van der Waals surface area contributed by atoms with Gasteiger partial charge in [-0.1, -0.05) is 74.7 Å². The molecule has 0 aromatic heterocycles. The summed E-state index contributed by atoms with van der Waals surface area (Å²) in [6, 6.07) is 11.4. The molecule has 25 heavy (non-hydrogen) atoms. The zero-order chi connectivity index (χ0) is 17.6. The Morgan fingerprint density at radius 3 is 2.28 bits per heavy atom. The van der Waals surface area contributed by atoms with Gasteiger partial charge in [-0.05, 0) is 48.3 Å². The first-order valence-corrected chi connectivity index (χ1v) is 9.43. The van der Waals surface area contributed by atoms with Crippen molar-refractivity contribution >= 4 is 0 Å². The highest BCUT2D eigenvalue weighted by Gasteiger charge is 2.17. The van der Waals surface area contributed by atoms with E-state index in [1.165, 1.54) is 37.7 Å². The van der Waals surface area contributed by atoms with Gasteiger partial charge in [-0.2, -0.15) is 0 Å². The summed E-state index contributed by atoms with van der Waals surface area (Å²) >= 11 is 0. The van der Waals surface area contributed by atoms with E-state index in [0.29, 0.717) is 23.5 Å². The van der Waals surface area contributed by atoms with E-state index in [1.807, 2.05) is 31.2 Å². The molecule has 0 nitrogen and oxygen atoms in total. The summed E-state index contributed by atoms with van der Waals surface area (Å²) in [6.07, 6.45) is 11.6. The van der Waals surface area contributed by atoms with Crippen LogP contribution in [0.1, 0.15) is 62.5 Å². The molecule has 0 unspecified atom stereocenters. The predicted octanol–water partition coefficient (Wildman–Crippen LogP) is 7.19. The van der Waals surface area contributed by atoms with Gasteiger partial charge in [0.2, 0.25) is 0 Å². The number of hydrogen-bond donors (Lipinski definition) is 0. The number of allylic oxidation sites excluding steroid dienone is 2. The van der Waals surface area contributed by atoms with Crippen molar-refractivity contribution in [3.8, 4) is 11.1 Å². The number of hydrogen-bond acceptors (Lipinski definition) is 0. The van der Waals surface area contributed by atoms with E-state index in [-0.39, 0.29) is 0 Å². The molecule has 2 aromatic rings. The van der Waals surface area contributed by atoms with Gasteiger partial charge in [0.25, 0.3) is 0 Å². The molecule has 0 amide bonds. The first kappa shape index (κ1) is 17.8. The van der Waals surface area contributed by atoms with E-state index in [1.54, 1.807) is 12.1 Å². The third-order valence-electron chi connectivity index (χ3n) is 5.20. The van der Waals surface area contributed by atoms with Crippen molar-refractivity contribution in [1.82, 2.24) is 0 Å². The Labute approximate surface area is 149 Å². The summed E-state index contributed by atoms with van der Waals surface area (Å²) in [5, 5.41) is 0. The van der Waals surface area contributed by atoms with Gasteiger partial charge in [0.15, 0.2) is 11.6 Å². The molecular weight excluding hydrogens is 314 g/mol. The topological polar surface area (TPSA) is 0 Å². The maximum atomic E-state index is 14.5. The lowest BCUT2D eigenvalue weighted by atomic mass is 9.83. The van der Waals surface area contributed by atoms with Crippen LogP contribution in [0.5, 0.6) is 0 Å². The Morgan fingerprint density at radius 2 is 1.60 bits per heavy atom. The zero-order valence-corrected chi connectivity index (χ0v) is 14.9. The van der Waals surface area contributed by atoms with Gasteiger partial charge in [-0.25, -0.2) is 8.78 Å². The Hall–Kier alpha value is -1.96. The van der Waals surface area contributed by atoms with Gasteiger partial charge < -0.3 is 0 Å². The minimum absolute atomic E-state index is 0.343. The largest absolute Gasteiger partial charge is 0.203 e. The Kier molecular flexibility index (Phi) is 6.01. The fourth-order valence-electron chi connectivity index (χ4n) is 3.72. The fraction of sp³-hybridized carbons (Fsp3) is 0.391. The van der Waals surface area contributed by atoms with E-state index >= 15 is 0 Å². The van der Waals surface area contributed by atoms with Crippen LogP contribution in [0.15, 0.2) is 48.6 Å². The number of halogens is 2. The molecule has 0 atom stereocenters. The molecule has 0 radical (unpaired) electrons. The van der Waals surface area contributed by atoms with E-state index < -0.39 is 11.6 Å². The maximum Gasteiger partial charge on any atom is 0.166 e. The van der Waals surface area contributed by atoms with Gasteiger partial charge in [0.1, 0.15) is 0 Å². The smallest absolute Gasteiger partial charge is 0.166 e. The normalized spacial score (nSPS) is 15.8. The Morgan fingerprint density at radius 1 is 0.880 bits per heavy atom. The van der Waals surface area contributed by atoms with E-state index in [0.717, 1.165) is 12.0 Å². The Bertz CT molecular complexity index is 723. The van der Waals surface area contributed by atoms with Crippen LogP contribution < -0.4 is 0 Å². The molecule has 132 valence electrons. The van der Waals surface area contributed by atoms with E-state index in [2.05, 4.69) is 12.1 Å². The molecule has 0 N–H and O–H groups in total. The quantitative estimate of drug-likeness (QED) is 0.505. The van der Waals surface area contributed by atoms with Crippen LogP contribution in [0.3, 0.4) is 0 Å². The fourth-order valence-corrected chi connectivity index (χ4v) is 3.72. The molecule has 2 aromatic carbocycles. The highest BCUT2D eigenvalue weighted by Crippen LogP contribution is 2.34. The average Bonchev–Trinajstić information content (AvgIpc) is 2.66. The van der Waals surface area contributed by atoms with Crippen molar-refractivity contribution in [2.75, 3.05) is 0 Å². The summed E-state index contributed by atoms with van der Waals surface area (Å²) in [5.74, 6) is -0.848. The molecule has 0 aliphatic heterocycles. The third-order valence-corrected chi connectivity index (χ3v) is 5.20. The molecule has 0 heterocycles. The van der Waals surface area contributed by atoms with Gasteiger partial charge >= 0.3 is 0 Å². The monoisotopic (exact) mass is 340 g/mol. The maximum absolute atomic E-state index is 14.5. The zero-order valence-electron chi connectivity index (χ0n) is 14.9. The lowest BCUT2D eigenvalue weighted by molar-refractivity contribution is 0.443. The average molecular weight is 340 g/mol. The lowest BCUT2D eigenvalue weighted by Gasteiger charge is -2.22. The summed E-state index contributed by atoms with van der Waals surface area (Å²) in [6.45, 7) is 2.02. The van der Waals surface area contributed by atoms with Crippen LogP contribution in [-0.2, 0) is 6.42 Å². The van der Waals surface area contributed by atoms with Gasteiger partial charge in [0, 0.05) is 5.56 Å². The minimum Gasteiger partial charge on any atom is -0.203 e. The van der Waals surface area contributed by atoms with Crippen molar-refractivity contribution in [3.05, 3.63) is 71.3 Å². The molecule has 0 bridgehead atoms. The van der Waals surface area contributed by atoms with E-state index in [4.69, 9.17) is 0 Å². The second-order valence-corrected chi connectivity index (χ2v) is 6.94. The van der Waals surface area contributed by atoms with Gasteiger partial charge in [-0.3, -0.25) is 0 Å². The van der Waals surface area contributed by atoms with Crippen molar-refractivity contribution < 1.29 is 8.78 Å². The highest BCUT2D eigenvalue weighted by molar-refractivity contribution is 5.65. The molecule has 1 saturated carbocycles. The highest BCUT2D eigenvalue weighted by atomic mass is 19.2. The van der Waals surface area contributed by atoms with Gasteiger partial charge in [-0.15, -0.1) is 0 Å². The summed E-state index contributed by atoms with van der Waals surface area (Å²) in [4.78, 5) is 0. The van der Waals surface area contributed by atoms with Crippen LogP contribution in [0.2, 0.25) is 0 Å². The SMILES string of the molecule is CC/C=C\Cc1ccc(-c2ccc(C3CCCCC3)cc2)c(F)c1F. The first-order valence-electron chi connectivity index (χ1n) is 9.43. The standard InChI is InChI=1S/C23H26F2/c1-2-3-5-10-20-15-16-21(23(25)22(20)24)19-13-11-18(12-14-19)17-8-6-4-7-9-17/h3,5,11-17H,2,4,6-10H2,1H3/b5-3-. The number of benzene rings is 2. The van der Waals surface area contributed by atoms with Gasteiger partial charge in [0.05, 0.1) is 0 Å². The van der Waals surface area contributed by atoms with Crippen molar-refractivity contribution in [1.29, 1.82) is 0 Å². The van der Waals surface area contributed by atoms with Crippen LogP contribution in [0.25, 0.3) is 11.1 Å². The molecule has 2 heteroatoms. The molecule has 1 fully saturated rings. The second kappa shape index (κ2) is 8.42. The van der Waals surface area contributed by atoms with Crippen LogP contribution in [-0.4, -0.2) is 0 Å². The molecule has 1 aliphatic carbocycles.